The molecule has 0 bridgehead atoms. The van der Waals surface area contributed by atoms with Gasteiger partial charge >= 0.3 is 0 Å². The molecule has 0 saturated carbocycles. The molecule has 2 nitrogen and oxygen atoms in total. The molecule has 0 radical (unpaired) electrons. The van der Waals surface area contributed by atoms with Crippen molar-refractivity contribution < 1.29 is 0 Å². The van der Waals surface area contributed by atoms with Gasteiger partial charge in [0.1, 0.15) is 0 Å². The second kappa shape index (κ2) is 11.0. The van der Waals surface area contributed by atoms with Gasteiger partial charge in [0.05, 0.1) is 16.6 Å². The number of benzene rings is 7. The zero-order chi connectivity index (χ0) is 32.5. The van der Waals surface area contributed by atoms with Crippen LogP contribution in [0.5, 0.6) is 0 Å². The summed E-state index contributed by atoms with van der Waals surface area (Å²) in [6, 6.07) is 59.9. The molecule has 1 aliphatic carbocycles. The molecular weight excluding hydrogens is 593 g/mol. The number of aromatic nitrogens is 2. The van der Waals surface area contributed by atoms with E-state index in [0.717, 1.165) is 6.42 Å². The topological polar surface area (TPSA) is 9.86 Å². The third-order valence-corrected chi connectivity index (χ3v) is 10.5. The van der Waals surface area contributed by atoms with Crippen molar-refractivity contribution in [2.24, 2.45) is 0 Å². The first-order valence-electron chi connectivity index (χ1n) is 17.2. The predicted molar refractivity (Wildman–Crippen MR) is 208 cm³/mol. The third-order valence-electron chi connectivity index (χ3n) is 10.5. The lowest BCUT2D eigenvalue weighted by Crippen LogP contribution is -2.09. The number of para-hydroxylation sites is 2. The van der Waals surface area contributed by atoms with Crippen molar-refractivity contribution in [1.29, 1.82) is 0 Å². The van der Waals surface area contributed by atoms with Crippen LogP contribution in [0, 0.1) is 0 Å². The maximum atomic E-state index is 2.51. The van der Waals surface area contributed by atoms with Crippen LogP contribution in [0.2, 0.25) is 0 Å². The molecule has 0 saturated heterocycles. The van der Waals surface area contributed by atoms with Gasteiger partial charge in [-0.05, 0) is 88.0 Å². The molecule has 2 heteroatoms. The molecule has 10 rings (SSSR count). The minimum Gasteiger partial charge on any atom is -0.313 e. The Morgan fingerprint density at radius 2 is 1.06 bits per heavy atom. The van der Waals surface area contributed by atoms with E-state index >= 15 is 0 Å². The molecule has 49 heavy (non-hydrogen) atoms. The third kappa shape index (κ3) is 4.41. The van der Waals surface area contributed by atoms with Gasteiger partial charge in [-0.25, -0.2) is 0 Å². The Kier molecular flexibility index (Phi) is 6.25. The fourth-order valence-electron chi connectivity index (χ4n) is 8.26. The molecular formula is C47H34N2. The van der Waals surface area contributed by atoms with Gasteiger partial charge in [0.25, 0.3) is 0 Å². The van der Waals surface area contributed by atoms with Gasteiger partial charge in [-0.2, -0.15) is 0 Å². The van der Waals surface area contributed by atoms with Gasteiger partial charge in [-0.15, -0.1) is 0 Å². The summed E-state index contributed by atoms with van der Waals surface area (Å²) in [6.45, 7) is 2.39. The Hall–Kier alpha value is -6.12. The zero-order valence-corrected chi connectivity index (χ0v) is 27.3. The average Bonchev–Trinajstić information content (AvgIpc) is 3.68. The summed E-state index contributed by atoms with van der Waals surface area (Å²) < 4.78 is 4.95. The lowest BCUT2D eigenvalue weighted by atomic mass is 9.84. The van der Waals surface area contributed by atoms with Gasteiger partial charge in [-0.3, -0.25) is 0 Å². The second-order valence-corrected chi connectivity index (χ2v) is 13.5. The normalized spacial score (nSPS) is 14.5. The molecule has 9 aromatic rings. The molecule has 0 spiro atoms. The van der Waals surface area contributed by atoms with Crippen LogP contribution in [-0.2, 0) is 0 Å². The molecule has 7 aromatic carbocycles. The quantitative estimate of drug-likeness (QED) is 0.184. The van der Waals surface area contributed by atoms with E-state index in [1.165, 1.54) is 88.4 Å². The molecule has 0 amide bonds. The molecule has 2 aromatic heterocycles. The Morgan fingerprint density at radius 1 is 0.449 bits per heavy atom. The van der Waals surface area contributed by atoms with Gasteiger partial charge in [-0.1, -0.05) is 128 Å². The van der Waals surface area contributed by atoms with Crippen molar-refractivity contribution >= 4 is 55.1 Å². The molecule has 0 fully saturated rings. The van der Waals surface area contributed by atoms with Gasteiger partial charge in [0.2, 0.25) is 0 Å². The lowest BCUT2D eigenvalue weighted by molar-refractivity contribution is 0.733. The van der Waals surface area contributed by atoms with Crippen LogP contribution in [0.25, 0.3) is 77.6 Å². The summed E-state index contributed by atoms with van der Waals surface area (Å²) in [5.41, 5.74) is 14.0. The number of fused-ring (bicyclic) bond motifs is 7. The lowest BCUT2D eigenvalue weighted by Gasteiger charge is -2.24. The van der Waals surface area contributed by atoms with Gasteiger partial charge in [0, 0.05) is 44.7 Å². The van der Waals surface area contributed by atoms with Crippen molar-refractivity contribution in [1.82, 2.24) is 9.13 Å². The Balaban J connectivity index is 1.14. The van der Waals surface area contributed by atoms with Gasteiger partial charge < -0.3 is 9.13 Å². The highest BCUT2D eigenvalue weighted by atomic mass is 15.0. The Labute approximate surface area is 285 Å². The predicted octanol–water partition coefficient (Wildman–Crippen LogP) is 12.6. The fourth-order valence-corrected chi connectivity index (χ4v) is 8.26. The largest absolute Gasteiger partial charge is 0.313 e. The maximum absolute atomic E-state index is 2.51. The van der Waals surface area contributed by atoms with Crippen molar-refractivity contribution in [3.8, 4) is 22.5 Å². The van der Waals surface area contributed by atoms with E-state index in [0.29, 0.717) is 5.92 Å². The number of hydrogen-bond acceptors (Lipinski definition) is 0. The summed E-state index contributed by atoms with van der Waals surface area (Å²) in [4.78, 5) is 0. The van der Waals surface area contributed by atoms with Crippen molar-refractivity contribution in [3.63, 3.8) is 0 Å². The monoisotopic (exact) mass is 626 g/mol. The minimum atomic E-state index is 0.348. The molecule has 0 aliphatic heterocycles. The van der Waals surface area contributed by atoms with E-state index < -0.39 is 0 Å². The first-order valence-corrected chi connectivity index (χ1v) is 17.2. The summed E-state index contributed by atoms with van der Waals surface area (Å²) >= 11 is 0. The van der Waals surface area contributed by atoms with Gasteiger partial charge in [0.15, 0.2) is 0 Å². The van der Waals surface area contributed by atoms with Crippen LogP contribution < -0.4 is 0 Å². The number of rotatable bonds is 4. The van der Waals surface area contributed by atoms with Crippen molar-refractivity contribution in [3.05, 3.63) is 181 Å². The molecule has 232 valence electrons. The second-order valence-electron chi connectivity index (χ2n) is 13.5. The number of hydrogen-bond donors (Lipinski definition) is 0. The minimum absolute atomic E-state index is 0.348. The molecule has 2 heterocycles. The van der Waals surface area contributed by atoms with Crippen molar-refractivity contribution in [2.45, 2.75) is 19.3 Å². The summed E-state index contributed by atoms with van der Waals surface area (Å²) in [5.74, 6) is 0.348. The first-order chi connectivity index (χ1) is 24.2. The molecule has 1 atom stereocenters. The highest BCUT2D eigenvalue weighted by Crippen LogP contribution is 2.45. The Bertz CT molecular complexity index is 2740. The van der Waals surface area contributed by atoms with E-state index in [1.54, 1.807) is 0 Å². The van der Waals surface area contributed by atoms with E-state index in [9.17, 15) is 0 Å². The van der Waals surface area contributed by atoms with Crippen LogP contribution in [0.1, 0.15) is 36.1 Å². The van der Waals surface area contributed by atoms with Crippen molar-refractivity contribution in [2.75, 3.05) is 0 Å². The van der Waals surface area contributed by atoms with E-state index in [2.05, 4.69) is 186 Å². The SMILES string of the molecule is CC1CC(c2ccc3c4ccccc4n(-c4ccc(-c5ccccc5)cc4)c3c2)=Cc2c1n(-c1ccc3ccccc3c1)c1ccccc21. The average molecular weight is 627 g/mol. The fraction of sp³-hybridized carbons (Fsp3) is 0.0638. The standard InChI is InChI=1S/C47H34N2/c1-31-27-37(29-43-41-16-8-10-18-45(41)49(47(31)43)39-25-21-33-13-5-6-14-35(33)28-39)36-22-26-42-40-15-7-9-17-44(40)48(46(42)30-36)38-23-19-34(20-24-38)32-11-3-2-4-12-32/h2-26,28-31H,27H2,1H3. The Morgan fingerprint density at radius 3 is 1.88 bits per heavy atom. The van der Waals surface area contributed by atoms with E-state index in [1.807, 2.05) is 0 Å². The summed E-state index contributed by atoms with van der Waals surface area (Å²) in [7, 11) is 0. The summed E-state index contributed by atoms with van der Waals surface area (Å²) in [5, 5.41) is 6.41. The van der Waals surface area contributed by atoms with Crippen LogP contribution in [0.4, 0.5) is 0 Å². The molecule has 1 unspecified atom stereocenters. The van der Waals surface area contributed by atoms with Crippen LogP contribution >= 0.6 is 0 Å². The van der Waals surface area contributed by atoms with E-state index in [-0.39, 0.29) is 0 Å². The van der Waals surface area contributed by atoms with Crippen LogP contribution in [0.15, 0.2) is 164 Å². The summed E-state index contributed by atoms with van der Waals surface area (Å²) in [6.07, 6.45) is 3.45. The molecule has 1 aliphatic rings. The van der Waals surface area contributed by atoms with Crippen LogP contribution in [-0.4, -0.2) is 9.13 Å². The maximum Gasteiger partial charge on any atom is 0.0547 e. The number of nitrogens with zero attached hydrogens (tertiary/aromatic N) is 2. The number of allylic oxidation sites excluding steroid dienone is 1. The highest BCUT2D eigenvalue weighted by Gasteiger charge is 2.27. The zero-order valence-electron chi connectivity index (χ0n) is 27.3. The van der Waals surface area contributed by atoms with Crippen LogP contribution in [0.3, 0.4) is 0 Å². The first kappa shape index (κ1) is 27.9. The van der Waals surface area contributed by atoms with E-state index in [4.69, 9.17) is 0 Å². The smallest absolute Gasteiger partial charge is 0.0547 e. The highest BCUT2D eigenvalue weighted by molar-refractivity contribution is 6.10. The molecule has 0 N–H and O–H groups in total.